The van der Waals surface area contributed by atoms with E-state index in [-0.39, 0.29) is 0 Å². The minimum absolute atomic E-state index is 0.327. The fraction of sp³-hybridized carbons (Fsp3) is 0.458. The number of benzene rings is 2. The Labute approximate surface area is 330 Å². The average Bonchev–Trinajstić information content (AvgIpc) is 4.19. The van der Waals surface area contributed by atoms with Crippen LogP contribution in [0, 0.1) is 11.8 Å². The first kappa shape index (κ1) is 36.9. The number of hydrogen-bond donors (Lipinski definition) is 2. The molecule has 4 aromatic heterocycles. The SMILES string of the molecule is COc1ccc(C2CCC([C@@H](O)c3c(C4CC4)ccn4cncc34)CC2)cc1.COc1ccc(C2CCC([C@H](O)c3c(C4CC4)ccn4cncc34)CC2)cc1. The van der Waals surface area contributed by atoms with Gasteiger partial charge in [-0.1, -0.05) is 24.3 Å². The Hall–Kier alpha value is -4.66. The first-order valence-electron chi connectivity index (χ1n) is 21.0. The third-order valence-corrected chi connectivity index (χ3v) is 13.6. The molecule has 4 aliphatic carbocycles. The largest absolute Gasteiger partial charge is 0.497 e. The number of imidazole rings is 2. The smallest absolute Gasteiger partial charge is 0.118 e. The summed E-state index contributed by atoms with van der Waals surface area (Å²) in [5.41, 5.74) is 9.90. The van der Waals surface area contributed by atoms with Crippen molar-refractivity contribution in [1.29, 1.82) is 0 Å². The molecular formula is C48H56N4O4. The zero-order valence-corrected chi connectivity index (χ0v) is 32.8. The first-order chi connectivity index (χ1) is 27.5. The lowest BCUT2D eigenvalue weighted by molar-refractivity contribution is 0.0808. The molecule has 4 aliphatic rings. The van der Waals surface area contributed by atoms with Crippen molar-refractivity contribution in [3.8, 4) is 11.5 Å². The summed E-state index contributed by atoms with van der Waals surface area (Å²) in [6.07, 6.45) is 24.7. The summed E-state index contributed by atoms with van der Waals surface area (Å²) in [6.45, 7) is 0. The number of methoxy groups -OCH3 is 2. The lowest BCUT2D eigenvalue weighted by atomic mass is 9.75. The van der Waals surface area contributed by atoms with E-state index < -0.39 is 12.2 Å². The Balaban J connectivity index is 0.000000146. The number of ether oxygens (including phenoxy) is 2. The van der Waals surface area contributed by atoms with Crippen molar-refractivity contribution in [3.63, 3.8) is 0 Å². The second-order valence-electron chi connectivity index (χ2n) is 16.9. The summed E-state index contributed by atoms with van der Waals surface area (Å²) in [7, 11) is 3.41. The van der Waals surface area contributed by atoms with Crippen molar-refractivity contribution in [2.45, 2.75) is 113 Å². The number of aliphatic hydroxyl groups excluding tert-OH is 2. The van der Waals surface area contributed by atoms with Crippen LogP contribution in [0.1, 0.15) is 146 Å². The minimum Gasteiger partial charge on any atom is -0.497 e. The molecule has 0 aliphatic heterocycles. The number of rotatable bonds is 10. The maximum absolute atomic E-state index is 11.4. The van der Waals surface area contributed by atoms with Crippen molar-refractivity contribution >= 4 is 11.0 Å². The van der Waals surface area contributed by atoms with E-state index in [2.05, 4.69) is 83.0 Å². The molecule has 56 heavy (non-hydrogen) atoms. The van der Waals surface area contributed by atoms with Gasteiger partial charge in [-0.2, -0.15) is 0 Å². The van der Waals surface area contributed by atoms with Crippen LogP contribution in [0.25, 0.3) is 11.0 Å². The molecule has 4 heterocycles. The van der Waals surface area contributed by atoms with E-state index in [0.29, 0.717) is 35.5 Å². The van der Waals surface area contributed by atoms with Gasteiger partial charge in [-0.15, -0.1) is 0 Å². The Bertz CT molecular complexity index is 2060. The molecule has 0 amide bonds. The number of hydrogen-bond acceptors (Lipinski definition) is 6. The molecule has 0 spiro atoms. The first-order valence-corrected chi connectivity index (χ1v) is 21.0. The van der Waals surface area contributed by atoms with Gasteiger partial charge in [0.25, 0.3) is 0 Å². The Morgan fingerprint density at radius 2 is 0.857 bits per heavy atom. The number of nitrogens with zero attached hydrogens (tertiary/aromatic N) is 4. The monoisotopic (exact) mass is 752 g/mol. The molecule has 0 radical (unpaired) electrons. The summed E-state index contributed by atoms with van der Waals surface area (Å²) in [5.74, 6) is 4.90. The highest BCUT2D eigenvalue weighted by Crippen LogP contribution is 2.49. The zero-order valence-electron chi connectivity index (χ0n) is 32.8. The predicted molar refractivity (Wildman–Crippen MR) is 220 cm³/mol. The van der Waals surface area contributed by atoms with Crippen molar-refractivity contribution < 1.29 is 19.7 Å². The number of aliphatic hydroxyl groups is 2. The third-order valence-electron chi connectivity index (χ3n) is 13.6. The van der Waals surface area contributed by atoms with Gasteiger partial charge in [-0.05, 0) is 171 Å². The maximum atomic E-state index is 11.4. The second kappa shape index (κ2) is 16.1. The summed E-state index contributed by atoms with van der Waals surface area (Å²) in [5, 5.41) is 22.8. The van der Waals surface area contributed by atoms with E-state index in [4.69, 9.17) is 9.47 Å². The van der Waals surface area contributed by atoms with E-state index in [0.717, 1.165) is 85.0 Å². The molecule has 2 aromatic carbocycles. The van der Waals surface area contributed by atoms with Gasteiger partial charge in [-0.3, -0.25) is 0 Å². The zero-order chi connectivity index (χ0) is 38.2. The molecule has 0 saturated heterocycles. The van der Waals surface area contributed by atoms with Crippen molar-refractivity contribution in [2.75, 3.05) is 14.2 Å². The van der Waals surface area contributed by atoms with E-state index in [9.17, 15) is 10.2 Å². The Kier molecular flexibility index (Phi) is 10.6. The predicted octanol–water partition coefficient (Wildman–Crippen LogP) is 10.5. The fourth-order valence-corrected chi connectivity index (χ4v) is 9.97. The van der Waals surface area contributed by atoms with E-state index in [1.165, 1.54) is 47.9 Å². The molecule has 8 nitrogen and oxygen atoms in total. The quantitative estimate of drug-likeness (QED) is 0.145. The fourth-order valence-electron chi connectivity index (χ4n) is 9.97. The van der Waals surface area contributed by atoms with E-state index in [1.54, 1.807) is 14.2 Å². The van der Waals surface area contributed by atoms with Gasteiger partial charge in [0.15, 0.2) is 0 Å². The molecule has 292 valence electrons. The molecule has 4 fully saturated rings. The van der Waals surface area contributed by atoms with Crippen LogP contribution < -0.4 is 9.47 Å². The van der Waals surface area contributed by atoms with Gasteiger partial charge in [0, 0.05) is 23.5 Å². The maximum Gasteiger partial charge on any atom is 0.118 e. The van der Waals surface area contributed by atoms with Crippen molar-refractivity contribution in [2.24, 2.45) is 11.8 Å². The van der Waals surface area contributed by atoms with E-state index >= 15 is 0 Å². The molecule has 0 bridgehead atoms. The molecule has 2 atom stereocenters. The Morgan fingerprint density at radius 3 is 1.20 bits per heavy atom. The highest BCUT2D eigenvalue weighted by Gasteiger charge is 2.36. The number of aromatic nitrogens is 4. The van der Waals surface area contributed by atoms with Gasteiger partial charge in [0.05, 0.1) is 62.5 Å². The van der Waals surface area contributed by atoms with Gasteiger partial charge >= 0.3 is 0 Å². The van der Waals surface area contributed by atoms with Gasteiger partial charge in [0.1, 0.15) is 11.5 Å². The van der Waals surface area contributed by atoms with Crippen LogP contribution >= 0.6 is 0 Å². The number of pyridine rings is 2. The molecule has 4 saturated carbocycles. The second-order valence-corrected chi connectivity index (χ2v) is 16.9. The van der Waals surface area contributed by atoms with Crippen LogP contribution in [0.4, 0.5) is 0 Å². The van der Waals surface area contributed by atoms with E-state index in [1.807, 2.05) is 33.8 Å². The summed E-state index contributed by atoms with van der Waals surface area (Å²) >= 11 is 0. The van der Waals surface area contributed by atoms with Crippen LogP contribution in [0.2, 0.25) is 0 Å². The molecule has 10 rings (SSSR count). The summed E-state index contributed by atoms with van der Waals surface area (Å²) < 4.78 is 14.7. The highest BCUT2D eigenvalue weighted by molar-refractivity contribution is 5.60. The van der Waals surface area contributed by atoms with Crippen LogP contribution in [0.15, 0.2) is 98.1 Å². The van der Waals surface area contributed by atoms with Gasteiger partial charge < -0.3 is 28.5 Å². The van der Waals surface area contributed by atoms with Gasteiger partial charge in [-0.25, -0.2) is 9.97 Å². The molecule has 6 aromatic rings. The molecule has 8 heteroatoms. The minimum atomic E-state index is -0.396. The normalized spacial score (nSPS) is 23.6. The van der Waals surface area contributed by atoms with Crippen molar-refractivity contribution in [1.82, 2.24) is 18.8 Å². The van der Waals surface area contributed by atoms with Crippen LogP contribution in [0.5, 0.6) is 11.5 Å². The molecular weight excluding hydrogens is 697 g/mol. The average molecular weight is 753 g/mol. The standard InChI is InChI=1S/2C24H28N2O2/c2*1-28-20-10-8-17(9-11-20)16-2-6-19(7-3-16)24(27)23-21(18-4-5-18)12-13-26-15-25-14-22(23)26/h2*8-16,18-19,24,27H,2-7H2,1H3/t2*16?,19?,24-/m10/s1. The van der Waals surface area contributed by atoms with Crippen LogP contribution in [0.3, 0.4) is 0 Å². The topological polar surface area (TPSA) is 93.5 Å². The third kappa shape index (κ3) is 7.58. The Morgan fingerprint density at radius 1 is 0.500 bits per heavy atom. The summed E-state index contributed by atoms with van der Waals surface area (Å²) in [4.78, 5) is 8.64. The lowest BCUT2D eigenvalue weighted by Gasteiger charge is -2.33. The van der Waals surface area contributed by atoms with Crippen molar-refractivity contribution in [3.05, 3.63) is 131 Å². The summed E-state index contributed by atoms with van der Waals surface area (Å²) in [6, 6.07) is 21.4. The van der Waals surface area contributed by atoms with Crippen LogP contribution in [-0.2, 0) is 0 Å². The lowest BCUT2D eigenvalue weighted by Crippen LogP contribution is -2.21. The number of fused-ring (bicyclic) bond motifs is 2. The molecule has 0 unspecified atom stereocenters. The van der Waals surface area contributed by atoms with Gasteiger partial charge in [0.2, 0.25) is 0 Å². The molecule has 2 N–H and O–H groups in total. The highest BCUT2D eigenvalue weighted by atomic mass is 16.5. The van der Waals surface area contributed by atoms with Crippen LogP contribution in [-0.4, -0.2) is 43.2 Å².